The minimum atomic E-state index is -0.358. The van der Waals surface area contributed by atoms with Crippen molar-refractivity contribution in [3.63, 3.8) is 0 Å². The van der Waals surface area contributed by atoms with Gasteiger partial charge in [-0.1, -0.05) is 30.3 Å². The van der Waals surface area contributed by atoms with E-state index in [9.17, 15) is 14.0 Å². The van der Waals surface area contributed by atoms with Crippen molar-refractivity contribution in [2.75, 3.05) is 0 Å². The number of nitrogens with one attached hydrogen (secondary N) is 1. The molecule has 2 aromatic carbocycles. The quantitative estimate of drug-likeness (QED) is 0.799. The molecule has 0 bridgehead atoms. The van der Waals surface area contributed by atoms with Gasteiger partial charge in [-0.25, -0.2) is 9.07 Å². The molecule has 3 rings (SSSR count). The molecule has 3 aromatic rings. The molecule has 0 aliphatic heterocycles. The third-order valence-electron chi connectivity index (χ3n) is 3.72. The van der Waals surface area contributed by atoms with Gasteiger partial charge in [0.05, 0.1) is 11.1 Å². The number of benzene rings is 2. The van der Waals surface area contributed by atoms with Gasteiger partial charge >= 0.3 is 0 Å². The fourth-order valence-electron chi connectivity index (χ4n) is 2.55. The molecule has 6 heteroatoms. The number of nitrogens with zero attached hydrogens (tertiary/aromatic N) is 2. The Morgan fingerprint density at radius 2 is 1.92 bits per heavy atom. The highest BCUT2D eigenvalue weighted by Crippen LogP contribution is 2.11. The predicted octanol–water partition coefficient (Wildman–Crippen LogP) is 2.16. The van der Waals surface area contributed by atoms with Gasteiger partial charge in [-0.3, -0.25) is 9.59 Å². The largest absolute Gasteiger partial charge is 0.350 e. The molecule has 1 N–H and O–H groups in total. The topological polar surface area (TPSA) is 64.0 Å². The summed E-state index contributed by atoms with van der Waals surface area (Å²) < 4.78 is 14.3. The number of aromatic nitrogens is 2. The van der Waals surface area contributed by atoms with Crippen LogP contribution in [0.5, 0.6) is 0 Å². The first-order valence-electron chi connectivity index (χ1n) is 7.52. The molecule has 0 saturated carbocycles. The molecular weight excluding hydrogens is 309 g/mol. The third kappa shape index (κ3) is 3.32. The number of carbonyl (C=O) groups excluding carboxylic acids is 1. The van der Waals surface area contributed by atoms with Gasteiger partial charge in [0.15, 0.2) is 0 Å². The van der Waals surface area contributed by atoms with Crippen LogP contribution in [-0.2, 0) is 17.9 Å². The maximum absolute atomic E-state index is 13.1. The third-order valence-corrected chi connectivity index (χ3v) is 3.72. The van der Waals surface area contributed by atoms with Gasteiger partial charge < -0.3 is 5.32 Å². The summed E-state index contributed by atoms with van der Waals surface area (Å²) in [6.07, 6.45) is 0. The second kappa shape index (κ2) is 6.62. The zero-order chi connectivity index (χ0) is 17.1. The first kappa shape index (κ1) is 15.9. The van der Waals surface area contributed by atoms with E-state index >= 15 is 0 Å². The Morgan fingerprint density at radius 3 is 2.67 bits per heavy atom. The van der Waals surface area contributed by atoms with Gasteiger partial charge in [-0.2, -0.15) is 5.10 Å². The first-order chi connectivity index (χ1) is 11.5. The van der Waals surface area contributed by atoms with Crippen LogP contribution in [0.15, 0.2) is 53.3 Å². The van der Waals surface area contributed by atoms with E-state index in [2.05, 4.69) is 10.4 Å². The molecular formula is C18H16FN3O2. The molecule has 0 radical (unpaired) electrons. The van der Waals surface area contributed by atoms with Gasteiger partial charge in [0.25, 0.3) is 5.56 Å². The van der Waals surface area contributed by atoms with Crippen LogP contribution in [0.1, 0.15) is 11.3 Å². The zero-order valence-corrected chi connectivity index (χ0v) is 13.1. The van der Waals surface area contributed by atoms with Crippen molar-refractivity contribution in [3.05, 3.63) is 76.0 Å². The summed E-state index contributed by atoms with van der Waals surface area (Å²) >= 11 is 0. The molecule has 1 amide bonds. The van der Waals surface area contributed by atoms with E-state index in [1.165, 1.54) is 12.1 Å². The Hall–Kier alpha value is -3.02. The molecule has 0 fully saturated rings. The Labute approximate surface area is 137 Å². The average molecular weight is 325 g/mol. The molecule has 122 valence electrons. The molecule has 1 aromatic heterocycles. The van der Waals surface area contributed by atoms with Crippen LogP contribution in [0.4, 0.5) is 4.39 Å². The van der Waals surface area contributed by atoms with Crippen LogP contribution in [0.25, 0.3) is 10.8 Å². The summed E-state index contributed by atoms with van der Waals surface area (Å²) in [5.41, 5.74) is 1.03. The number of rotatable bonds is 4. The monoisotopic (exact) mass is 325 g/mol. The smallest absolute Gasteiger partial charge is 0.275 e. The van der Waals surface area contributed by atoms with Crippen molar-refractivity contribution in [2.45, 2.75) is 20.0 Å². The van der Waals surface area contributed by atoms with Crippen molar-refractivity contribution >= 4 is 16.7 Å². The molecule has 0 aliphatic rings. The van der Waals surface area contributed by atoms with E-state index < -0.39 is 0 Å². The lowest BCUT2D eigenvalue weighted by atomic mass is 10.1. The van der Waals surface area contributed by atoms with Crippen LogP contribution in [-0.4, -0.2) is 15.7 Å². The highest BCUT2D eigenvalue weighted by molar-refractivity contribution is 5.83. The predicted molar refractivity (Wildman–Crippen MR) is 89.0 cm³/mol. The highest BCUT2D eigenvalue weighted by atomic mass is 19.1. The summed E-state index contributed by atoms with van der Waals surface area (Å²) in [6, 6.07) is 13.1. The molecule has 5 nitrogen and oxygen atoms in total. The van der Waals surface area contributed by atoms with E-state index in [4.69, 9.17) is 0 Å². The molecule has 0 saturated heterocycles. The fraction of sp³-hybridized carbons (Fsp3) is 0.167. The molecule has 0 aliphatic carbocycles. The molecule has 0 atom stereocenters. The Kier molecular flexibility index (Phi) is 4.37. The van der Waals surface area contributed by atoms with Gasteiger partial charge in [0.1, 0.15) is 12.4 Å². The first-order valence-corrected chi connectivity index (χ1v) is 7.52. The van der Waals surface area contributed by atoms with E-state index in [0.29, 0.717) is 16.6 Å². The highest BCUT2D eigenvalue weighted by Gasteiger charge is 2.10. The number of aryl methyl sites for hydroxylation is 1. The average Bonchev–Trinajstić information content (AvgIpc) is 2.58. The van der Waals surface area contributed by atoms with Crippen molar-refractivity contribution in [1.29, 1.82) is 0 Å². The lowest BCUT2D eigenvalue weighted by molar-refractivity contribution is -0.122. The van der Waals surface area contributed by atoms with Crippen molar-refractivity contribution in [1.82, 2.24) is 15.1 Å². The molecule has 0 spiro atoms. The van der Waals surface area contributed by atoms with Gasteiger partial charge in [-0.05, 0) is 30.7 Å². The lowest BCUT2D eigenvalue weighted by Crippen LogP contribution is -2.33. The number of hydrogen-bond donors (Lipinski definition) is 1. The van der Waals surface area contributed by atoms with Crippen LogP contribution in [0.2, 0.25) is 0 Å². The summed E-state index contributed by atoms with van der Waals surface area (Å²) in [5, 5.41) is 8.16. The summed E-state index contributed by atoms with van der Waals surface area (Å²) in [4.78, 5) is 24.5. The van der Waals surface area contributed by atoms with Gasteiger partial charge in [-0.15, -0.1) is 0 Å². The van der Waals surface area contributed by atoms with Crippen LogP contribution in [0.3, 0.4) is 0 Å². The second-order valence-corrected chi connectivity index (χ2v) is 5.50. The number of carbonyl (C=O) groups is 1. The molecule has 1 heterocycles. The van der Waals surface area contributed by atoms with Crippen LogP contribution < -0.4 is 10.9 Å². The molecule has 24 heavy (non-hydrogen) atoms. The van der Waals surface area contributed by atoms with Crippen LogP contribution >= 0.6 is 0 Å². The Morgan fingerprint density at radius 1 is 1.17 bits per heavy atom. The maximum atomic E-state index is 13.1. The Balaban J connectivity index is 1.76. The number of fused-ring (bicyclic) bond motifs is 1. The standard InChI is InChI=1S/C18H16FN3O2/c1-12-15-7-2-3-8-16(15)18(24)22(21-12)11-17(23)20-10-13-5-4-6-14(19)9-13/h2-9H,10-11H2,1H3,(H,20,23). The summed E-state index contributed by atoms with van der Waals surface area (Å²) in [5.74, 6) is -0.715. The van der Waals surface area contributed by atoms with E-state index in [-0.39, 0.29) is 30.4 Å². The van der Waals surface area contributed by atoms with E-state index in [1.807, 2.05) is 12.1 Å². The van der Waals surface area contributed by atoms with Gasteiger partial charge in [0, 0.05) is 11.9 Å². The lowest BCUT2D eigenvalue weighted by Gasteiger charge is -2.09. The SMILES string of the molecule is Cc1nn(CC(=O)NCc2cccc(F)c2)c(=O)c2ccccc12. The van der Waals surface area contributed by atoms with Crippen molar-refractivity contribution in [2.24, 2.45) is 0 Å². The minimum absolute atomic E-state index is 0.181. The van der Waals surface area contributed by atoms with Crippen molar-refractivity contribution in [3.8, 4) is 0 Å². The van der Waals surface area contributed by atoms with Crippen molar-refractivity contribution < 1.29 is 9.18 Å². The number of amides is 1. The number of hydrogen-bond acceptors (Lipinski definition) is 3. The maximum Gasteiger partial charge on any atom is 0.275 e. The summed E-state index contributed by atoms with van der Waals surface area (Å²) in [6.45, 7) is 1.81. The van der Waals surface area contributed by atoms with E-state index in [0.717, 1.165) is 10.1 Å². The molecule has 0 unspecified atom stereocenters. The second-order valence-electron chi connectivity index (χ2n) is 5.50. The summed E-state index contributed by atoms with van der Waals surface area (Å²) in [7, 11) is 0. The van der Waals surface area contributed by atoms with Crippen LogP contribution in [0, 0.1) is 12.7 Å². The fourth-order valence-corrected chi connectivity index (χ4v) is 2.55. The minimum Gasteiger partial charge on any atom is -0.350 e. The zero-order valence-electron chi connectivity index (χ0n) is 13.1. The number of halogens is 1. The normalized spacial score (nSPS) is 10.8. The van der Waals surface area contributed by atoms with E-state index in [1.54, 1.807) is 31.2 Å². The van der Waals surface area contributed by atoms with Gasteiger partial charge in [0.2, 0.25) is 5.91 Å². The Bertz CT molecular complexity index is 966.